The highest BCUT2D eigenvalue weighted by atomic mass is 32.2. The minimum Gasteiger partial charge on any atom is -0.444 e. The number of carbonyl (C=O) groups is 5. The number of benzene rings is 8. The van der Waals surface area contributed by atoms with Crippen LogP contribution in [-0.2, 0) is 41.4 Å². The largest absolute Gasteiger partial charge is 0.444 e. The van der Waals surface area contributed by atoms with Gasteiger partial charge in [-0.3, -0.25) is 38.7 Å². The number of carbonyl (C=O) groups excluding carboxylic acids is 5. The van der Waals surface area contributed by atoms with Crippen molar-refractivity contribution in [3.05, 3.63) is 243 Å². The van der Waals surface area contributed by atoms with Gasteiger partial charge in [-0.1, -0.05) is 67.6 Å². The van der Waals surface area contributed by atoms with E-state index in [0.29, 0.717) is 5.56 Å². The Balaban J connectivity index is 0.000000242. The molecule has 1 amide bonds. The number of aldehydes is 4. The number of hydrogen-bond donors (Lipinski definition) is 4. The first kappa shape index (κ1) is 67.8. The molecule has 0 saturated heterocycles. The molecule has 0 heterocycles. The van der Waals surface area contributed by atoms with Crippen molar-refractivity contribution in [2.24, 2.45) is 0 Å². The first-order chi connectivity index (χ1) is 39.7. The topological polar surface area (TPSA) is 245 Å². The minimum atomic E-state index is -4.19. The van der Waals surface area contributed by atoms with Crippen molar-refractivity contribution in [1.82, 2.24) is 0 Å². The van der Waals surface area contributed by atoms with Gasteiger partial charge in [0, 0.05) is 0 Å². The number of sulfonamides is 3. The molecule has 8 aromatic rings. The maximum atomic E-state index is 13.9. The lowest BCUT2D eigenvalue weighted by molar-refractivity contribution is 0.110. The molecule has 0 fully saturated rings. The summed E-state index contributed by atoms with van der Waals surface area (Å²) < 4.78 is 204. The van der Waals surface area contributed by atoms with E-state index in [9.17, 15) is 88.7 Å². The summed E-state index contributed by atoms with van der Waals surface area (Å²) in [5, 5.41) is 2.12. The quantitative estimate of drug-likeness (QED) is 0.0521. The summed E-state index contributed by atoms with van der Waals surface area (Å²) in [5.41, 5.74) is -2.79. The van der Waals surface area contributed by atoms with Crippen LogP contribution in [-0.4, -0.2) is 56.5 Å². The van der Waals surface area contributed by atoms with E-state index in [0.717, 1.165) is 83.9 Å². The molecule has 8 rings (SSSR count). The predicted molar refractivity (Wildman–Crippen MR) is 295 cm³/mol. The lowest BCUT2D eigenvalue weighted by atomic mass is 10.2. The average molecular weight is 1250 g/mol. The van der Waals surface area contributed by atoms with Gasteiger partial charge >= 0.3 is 6.09 Å². The summed E-state index contributed by atoms with van der Waals surface area (Å²) in [6, 6.07) is 31.6. The Kier molecular flexibility index (Phi) is 24.0. The molecular weight excluding hydrogens is 1200 g/mol. The Morgan fingerprint density at radius 3 is 1.14 bits per heavy atom. The molecule has 446 valence electrons. The van der Waals surface area contributed by atoms with E-state index in [-0.39, 0.29) is 59.6 Å². The SMILES string of the molecule is C.Cc1ccc(S(=O)(=O)Nc2ccc(F)c(C=O)c2F)cc1.Cc1cccc(S(=O)(=O)Nc2ccc(F)c(C=O)c2F)c1.O=Cc1c(F)ccc(NC(=O)OCc2ccccc2)c1F.O=Cc1c(F)ccc(NS(=O)(=O)c2ccc(F)cc2)c1F. The Bertz CT molecular complexity index is 3960. The van der Waals surface area contributed by atoms with Crippen molar-refractivity contribution < 1.29 is 93.5 Å². The third-order valence-corrected chi connectivity index (χ3v) is 15.0. The molecule has 28 heteroatoms. The van der Waals surface area contributed by atoms with Crippen LogP contribution in [0.1, 0.15) is 65.5 Å². The summed E-state index contributed by atoms with van der Waals surface area (Å²) in [7, 11) is -12.2. The maximum Gasteiger partial charge on any atom is 0.412 e. The number of hydrogen-bond acceptors (Lipinski definition) is 12. The van der Waals surface area contributed by atoms with Gasteiger partial charge in [-0.05, 0) is 122 Å². The summed E-state index contributed by atoms with van der Waals surface area (Å²) in [6.07, 6.45) is -0.921. The van der Waals surface area contributed by atoms with Gasteiger partial charge in [0.15, 0.2) is 48.4 Å². The molecule has 8 aromatic carbocycles. The van der Waals surface area contributed by atoms with Gasteiger partial charge in [0.25, 0.3) is 30.1 Å². The van der Waals surface area contributed by atoms with Crippen molar-refractivity contribution in [2.45, 2.75) is 42.6 Å². The van der Waals surface area contributed by atoms with E-state index >= 15 is 0 Å². The van der Waals surface area contributed by atoms with Crippen LogP contribution < -0.4 is 19.5 Å². The smallest absolute Gasteiger partial charge is 0.412 e. The van der Waals surface area contributed by atoms with E-state index in [4.69, 9.17) is 4.74 Å². The van der Waals surface area contributed by atoms with Crippen LogP contribution in [0, 0.1) is 66.2 Å². The standard InChI is InChI=1S/C15H11F2NO3.2C14H11F2NO3S.C13H8F3NO3S.CH4/c16-12-6-7-13(14(17)11(12)8-19)18-15(20)21-9-10-4-2-1-3-5-10;1-9-2-4-10(5-3-9)21(19,20)17-13-7-6-12(15)11(8-18)14(13)16;1-9-3-2-4-10(7-9)21(19,20)17-13-6-5-12(15)11(8-18)14(13)16;14-8-1-3-9(4-2-8)21(19,20)17-12-6-5-11(15)10(7-18)13(12)16;/h1-8H,9H2,(H,18,20);2*2-8,17H,1H3;1-7,17H;1H4. The first-order valence-corrected chi connectivity index (χ1v) is 27.8. The van der Waals surface area contributed by atoms with Gasteiger partial charge in [0.05, 0.1) is 59.7 Å². The summed E-state index contributed by atoms with van der Waals surface area (Å²) in [6.45, 7) is 3.51. The molecule has 0 aliphatic rings. The number of ether oxygens (including phenoxy) is 1. The second-order valence-corrected chi connectivity index (χ2v) is 21.9. The van der Waals surface area contributed by atoms with Crippen molar-refractivity contribution in [1.29, 1.82) is 0 Å². The Hall–Kier alpha value is -9.67. The van der Waals surface area contributed by atoms with Crippen molar-refractivity contribution in [3.63, 3.8) is 0 Å². The number of rotatable bonds is 16. The molecule has 0 atom stereocenters. The van der Waals surface area contributed by atoms with E-state index in [1.807, 2.05) is 20.2 Å². The average Bonchev–Trinajstić information content (AvgIpc) is 3.65. The Morgan fingerprint density at radius 1 is 0.412 bits per heavy atom. The highest BCUT2D eigenvalue weighted by molar-refractivity contribution is 7.93. The molecule has 0 unspecified atom stereocenters. The highest BCUT2D eigenvalue weighted by Crippen LogP contribution is 2.27. The van der Waals surface area contributed by atoms with Crippen LogP contribution in [0.3, 0.4) is 0 Å². The Morgan fingerprint density at radius 2 is 0.765 bits per heavy atom. The molecule has 0 aliphatic carbocycles. The third-order valence-electron chi connectivity index (χ3n) is 10.9. The summed E-state index contributed by atoms with van der Waals surface area (Å²) >= 11 is 0. The number of nitrogens with one attached hydrogen (secondary N) is 4. The lowest BCUT2D eigenvalue weighted by Gasteiger charge is -2.10. The zero-order valence-corrected chi connectivity index (χ0v) is 45.4. The second-order valence-electron chi connectivity index (χ2n) is 16.8. The van der Waals surface area contributed by atoms with Crippen molar-refractivity contribution >= 4 is 84.1 Å². The van der Waals surface area contributed by atoms with Gasteiger partial charge in [-0.25, -0.2) is 69.6 Å². The molecular formula is C57H45F9N4O12S3. The fraction of sp³-hybridized carbons (Fsp3) is 0.0702. The summed E-state index contributed by atoms with van der Waals surface area (Å²) in [5.74, 6) is -9.80. The number of amides is 1. The maximum absolute atomic E-state index is 13.9. The number of anilines is 4. The molecule has 4 N–H and O–H groups in total. The van der Waals surface area contributed by atoms with Crippen LogP contribution in [0.4, 0.5) is 67.1 Å². The van der Waals surface area contributed by atoms with Crippen molar-refractivity contribution in [2.75, 3.05) is 19.5 Å². The molecule has 16 nitrogen and oxygen atoms in total. The molecule has 0 aromatic heterocycles. The second kappa shape index (κ2) is 30.0. The zero-order chi connectivity index (χ0) is 62.1. The van der Waals surface area contributed by atoms with Crippen molar-refractivity contribution in [3.8, 4) is 0 Å². The first-order valence-electron chi connectivity index (χ1n) is 23.3. The van der Waals surface area contributed by atoms with E-state index in [1.165, 1.54) is 24.3 Å². The van der Waals surface area contributed by atoms with Gasteiger partial charge in [0.2, 0.25) is 0 Å². The van der Waals surface area contributed by atoms with Gasteiger partial charge in [-0.2, -0.15) is 0 Å². The van der Waals surface area contributed by atoms with E-state index in [1.54, 1.807) is 62.4 Å². The third kappa shape index (κ3) is 18.2. The fourth-order valence-corrected chi connectivity index (χ4v) is 9.92. The van der Waals surface area contributed by atoms with Gasteiger partial charge < -0.3 is 4.74 Å². The zero-order valence-electron chi connectivity index (χ0n) is 43.0. The van der Waals surface area contributed by atoms with Crippen LogP contribution in [0.2, 0.25) is 0 Å². The van der Waals surface area contributed by atoms with Crippen LogP contribution in [0.25, 0.3) is 0 Å². The number of halogens is 9. The van der Waals surface area contributed by atoms with E-state index in [2.05, 4.69) is 5.32 Å². The predicted octanol–water partition coefficient (Wildman–Crippen LogP) is 12.7. The fourth-order valence-electron chi connectivity index (χ4n) is 6.64. The Labute approximate surface area is 480 Å². The lowest BCUT2D eigenvalue weighted by Crippen LogP contribution is -2.15. The molecule has 0 spiro atoms. The van der Waals surface area contributed by atoms with Gasteiger partial charge in [0.1, 0.15) is 35.7 Å². The molecule has 0 aliphatic heterocycles. The minimum absolute atomic E-state index is 0. The summed E-state index contributed by atoms with van der Waals surface area (Å²) in [4.78, 5) is 53.5. The highest BCUT2D eigenvalue weighted by Gasteiger charge is 2.23. The monoisotopic (exact) mass is 1240 g/mol. The van der Waals surface area contributed by atoms with Crippen LogP contribution >= 0.6 is 0 Å². The molecule has 0 radical (unpaired) electrons. The van der Waals surface area contributed by atoms with Gasteiger partial charge in [-0.15, -0.1) is 0 Å². The normalized spacial score (nSPS) is 10.8. The molecule has 0 saturated carbocycles. The van der Waals surface area contributed by atoms with Crippen LogP contribution in [0.15, 0.2) is 166 Å². The van der Waals surface area contributed by atoms with Crippen LogP contribution in [0.5, 0.6) is 0 Å². The molecule has 85 heavy (non-hydrogen) atoms. The molecule has 0 bridgehead atoms. The number of aryl methyl sites for hydroxylation is 2. The van der Waals surface area contributed by atoms with E-state index < -0.39 is 128 Å².